The van der Waals surface area contributed by atoms with Crippen LogP contribution in [0.4, 0.5) is 18.9 Å². The molecule has 0 saturated heterocycles. The minimum absolute atomic E-state index is 0.152. The highest BCUT2D eigenvalue weighted by Gasteiger charge is 2.44. The number of fused-ring (bicyclic) bond motifs is 1. The van der Waals surface area contributed by atoms with Crippen molar-refractivity contribution in [3.8, 4) is 0 Å². The number of aromatic nitrogens is 1. The van der Waals surface area contributed by atoms with Crippen molar-refractivity contribution in [1.29, 1.82) is 0 Å². The van der Waals surface area contributed by atoms with Gasteiger partial charge in [-0.1, -0.05) is 6.07 Å². The topological polar surface area (TPSA) is 75.4 Å². The van der Waals surface area contributed by atoms with Crippen LogP contribution in [-0.2, 0) is 23.3 Å². The molecule has 0 unspecified atom stereocenters. The third-order valence-corrected chi connectivity index (χ3v) is 5.52. The Hall–Kier alpha value is -3.62. The Labute approximate surface area is 182 Å². The van der Waals surface area contributed by atoms with E-state index < -0.39 is 40.9 Å². The summed E-state index contributed by atoms with van der Waals surface area (Å²) in [5, 5.41) is 2.44. The second-order valence-corrected chi connectivity index (χ2v) is 8.14. The monoisotopic (exact) mass is 443 g/mol. The van der Waals surface area contributed by atoms with Gasteiger partial charge in [0.1, 0.15) is 23.7 Å². The normalized spacial score (nSPS) is 14.6. The van der Waals surface area contributed by atoms with Crippen LogP contribution in [0.3, 0.4) is 0 Å². The molecule has 0 saturated carbocycles. The van der Waals surface area contributed by atoms with Gasteiger partial charge >= 0.3 is 0 Å². The fourth-order valence-electron chi connectivity index (χ4n) is 3.80. The summed E-state index contributed by atoms with van der Waals surface area (Å²) in [7, 11) is 0. The molecule has 1 aliphatic rings. The molecule has 32 heavy (non-hydrogen) atoms. The average Bonchev–Trinajstić information content (AvgIpc) is 3.21. The summed E-state index contributed by atoms with van der Waals surface area (Å²) in [6, 6.07) is 5.90. The first-order valence-electron chi connectivity index (χ1n) is 9.87. The number of halogens is 3. The van der Waals surface area contributed by atoms with E-state index in [1.165, 1.54) is 11.2 Å². The van der Waals surface area contributed by atoms with Crippen molar-refractivity contribution in [3.63, 3.8) is 0 Å². The number of carbonyl (C=O) groups is 2. The van der Waals surface area contributed by atoms with Crippen molar-refractivity contribution in [3.05, 3.63) is 82.3 Å². The van der Waals surface area contributed by atoms with Crippen LogP contribution in [0.2, 0.25) is 0 Å². The third-order valence-electron chi connectivity index (χ3n) is 5.52. The molecule has 1 N–H and O–H groups in total. The molecule has 2 amide bonds. The van der Waals surface area contributed by atoms with Crippen LogP contribution in [0.15, 0.2) is 41.0 Å². The summed E-state index contributed by atoms with van der Waals surface area (Å²) in [6.07, 6.45) is 1.47. The number of oxazole rings is 1. The second-order valence-electron chi connectivity index (χ2n) is 8.14. The molecule has 0 bridgehead atoms. The van der Waals surface area contributed by atoms with Gasteiger partial charge in [-0.25, -0.2) is 18.2 Å². The summed E-state index contributed by atoms with van der Waals surface area (Å²) >= 11 is 0. The lowest BCUT2D eigenvalue weighted by Crippen LogP contribution is -2.35. The molecule has 0 aliphatic carbocycles. The van der Waals surface area contributed by atoms with E-state index in [1.54, 1.807) is 39.0 Å². The molecule has 3 aromatic rings. The second kappa shape index (κ2) is 7.81. The van der Waals surface area contributed by atoms with E-state index in [1.807, 2.05) is 0 Å². The van der Waals surface area contributed by atoms with Gasteiger partial charge in [0, 0.05) is 42.4 Å². The summed E-state index contributed by atoms with van der Waals surface area (Å²) in [4.78, 5) is 31.5. The molecular weight excluding hydrogens is 423 g/mol. The molecule has 2 aromatic carbocycles. The fourth-order valence-corrected chi connectivity index (χ4v) is 3.80. The number of hydrogen-bond acceptors (Lipinski definition) is 4. The molecule has 0 radical (unpaired) electrons. The molecule has 2 heterocycles. The number of amides is 2. The van der Waals surface area contributed by atoms with E-state index >= 15 is 0 Å². The molecule has 1 aromatic heterocycles. The van der Waals surface area contributed by atoms with Gasteiger partial charge in [-0.05, 0) is 31.5 Å². The number of benzene rings is 2. The fraction of sp³-hybridized carbons (Fsp3) is 0.261. The van der Waals surface area contributed by atoms with Gasteiger partial charge < -0.3 is 14.6 Å². The Balaban J connectivity index is 1.59. The number of aryl methyl sites for hydroxylation is 1. The first-order chi connectivity index (χ1) is 15.1. The number of carbonyl (C=O) groups excluding carboxylic acids is 2. The molecular formula is C23H20F3N3O3. The lowest BCUT2D eigenvalue weighted by atomic mass is 9.86. The van der Waals surface area contributed by atoms with Gasteiger partial charge in [0.25, 0.3) is 5.91 Å². The van der Waals surface area contributed by atoms with E-state index in [2.05, 4.69) is 10.3 Å². The standard InChI is InChI=1S/C23H20F3N3O3/c1-12-28-15(11-32-12)10-29-20-6-13(4-5-17(20)23(2,3)22(29)31)21(30)27-9-16-18(25)7-14(24)8-19(16)26/h4-8,11H,9-10H2,1-3H3,(H,27,30). The Morgan fingerprint density at radius 1 is 1.16 bits per heavy atom. The minimum Gasteiger partial charge on any atom is -0.449 e. The summed E-state index contributed by atoms with van der Waals surface area (Å²) in [5.74, 6) is -3.48. The first-order valence-corrected chi connectivity index (χ1v) is 9.87. The molecule has 9 heteroatoms. The van der Waals surface area contributed by atoms with Crippen LogP contribution >= 0.6 is 0 Å². The Morgan fingerprint density at radius 3 is 2.47 bits per heavy atom. The van der Waals surface area contributed by atoms with Gasteiger partial charge in [0.2, 0.25) is 5.91 Å². The zero-order valence-corrected chi connectivity index (χ0v) is 17.6. The van der Waals surface area contributed by atoms with E-state index in [-0.39, 0.29) is 18.0 Å². The van der Waals surface area contributed by atoms with Crippen molar-refractivity contribution >= 4 is 17.5 Å². The van der Waals surface area contributed by atoms with Gasteiger partial charge in [-0.2, -0.15) is 0 Å². The Kier molecular flexibility index (Phi) is 5.28. The lowest BCUT2D eigenvalue weighted by Gasteiger charge is -2.19. The predicted octanol–water partition coefficient (Wildman–Crippen LogP) is 4.15. The van der Waals surface area contributed by atoms with E-state index in [9.17, 15) is 22.8 Å². The van der Waals surface area contributed by atoms with Crippen molar-refractivity contribution in [2.75, 3.05) is 4.90 Å². The third kappa shape index (κ3) is 3.74. The number of nitrogens with zero attached hydrogens (tertiary/aromatic N) is 2. The molecule has 0 fully saturated rings. The van der Waals surface area contributed by atoms with Crippen molar-refractivity contribution in [2.45, 2.75) is 39.3 Å². The zero-order valence-electron chi connectivity index (χ0n) is 17.6. The van der Waals surface area contributed by atoms with Crippen LogP contribution < -0.4 is 10.2 Å². The minimum atomic E-state index is -1.09. The molecule has 4 rings (SSSR count). The number of hydrogen-bond donors (Lipinski definition) is 1. The van der Waals surface area contributed by atoms with Crippen molar-refractivity contribution in [2.24, 2.45) is 0 Å². The van der Waals surface area contributed by atoms with Crippen LogP contribution in [0.5, 0.6) is 0 Å². The number of anilines is 1. The summed E-state index contributed by atoms with van der Waals surface area (Å²) in [6.45, 7) is 5.00. The molecule has 166 valence electrons. The molecule has 0 spiro atoms. The van der Waals surface area contributed by atoms with Crippen LogP contribution in [0.25, 0.3) is 0 Å². The van der Waals surface area contributed by atoms with Gasteiger partial charge in [-0.3, -0.25) is 9.59 Å². The molecule has 6 nitrogen and oxygen atoms in total. The zero-order chi connectivity index (χ0) is 23.2. The SMILES string of the molecule is Cc1nc(CN2C(=O)C(C)(C)c3ccc(C(=O)NCc4c(F)cc(F)cc4F)cc32)co1. The highest BCUT2D eigenvalue weighted by Crippen LogP contribution is 2.42. The van der Waals surface area contributed by atoms with Crippen molar-refractivity contribution < 1.29 is 27.2 Å². The Morgan fingerprint density at radius 2 is 1.84 bits per heavy atom. The lowest BCUT2D eigenvalue weighted by molar-refractivity contribution is -0.122. The van der Waals surface area contributed by atoms with Gasteiger partial charge in [-0.15, -0.1) is 0 Å². The predicted molar refractivity (Wildman–Crippen MR) is 109 cm³/mol. The highest BCUT2D eigenvalue weighted by molar-refractivity contribution is 6.08. The number of nitrogens with one attached hydrogen (secondary N) is 1. The van der Waals surface area contributed by atoms with Gasteiger partial charge in [0.15, 0.2) is 5.89 Å². The van der Waals surface area contributed by atoms with E-state index in [0.717, 1.165) is 5.56 Å². The molecule has 0 atom stereocenters. The first kappa shape index (κ1) is 21.6. The largest absolute Gasteiger partial charge is 0.449 e. The maximum absolute atomic E-state index is 13.8. The average molecular weight is 443 g/mol. The van der Waals surface area contributed by atoms with Crippen LogP contribution in [0, 0.1) is 24.4 Å². The highest BCUT2D eigenvalue weighted by atomic mass is 19.1. The Bertz CT molecular complexity index is 1210. The quantitative estimate of drug-likeness (QED) is 0.643. The summed E-state index contributed by atoms with van der Waals surface area (Å²) in [5.41, 5.74) is 0.821. The van der Waals surface area contributed by atoms with Crippen LogP contribution in [0.1, 0.15) is 46.9 Å². The van der Waals surface area contributed by atoms with Gasteiger partial charge in [0.05, 0.1) is 17.7 Å². The van der Waals surface area contributed by atoms with Crippen molar-refractivity contribution in [1.82, 2.24) is 10.3 Å². The molecule has 1 aliphatic heterocycles. The van der Waals surface area contributed by atoms with E-state index in [4.69, 9.17) is 4.42 Å². The number of rotatable bonds is 5. The maximum atomic E-state index is 13.8. The van der Waals surface area contributed by atoms with Crippen LogP contribution in [-0.4, -0.2) is 16.8 Å². The van der Waals surface area contributed by atoms with E-state index in [0.29, 0.717) is 29.4 Å². The smallest absolute Gasteiger partial charge is 0.251 e. The summed E-state index contributed by atoms with van der Waals surface area (Å²) < 4.78 is 46.0. The maximum Gasteiger partial charge on any atom is 0.251 e.